The molecule has 8 heteroatoms. The molecule has 0 fully saturated rings. The molecule has 1 atom stereocenters. The Morgan fingerprint density at radius 3 is 2.54 bits per heavy atom. The van der Waals surface area contributed by atoms with Gasteiger partial charge in [-0.1, -0.05) is 54.6 Å². The zero-order valence-electron chi connectivity index (χ0n) is 20.1. The maximum Gasteiger partial charge on any atom is 0.262 e. The molecule has 7 rings (SSSR count). The summed E-state index contributed by atoms with van der Waals surface area (Å²) in [6.07, 6.45) is 0.521. The van der Waals surface area contributed by atoms with Crippen LogP contribution in [0.4, 0.5) is 11.4 Å². The molecule has 7 nitrogen and oxygen atoms in total. The predicted molar refractivity (Wildman–Crippen MR) is 145 cm³/mol. The maximum absolute atomic E-state index is 13.7. The fraction of sp³-hybridized carbons (Fsp3) is 0.138. The zero-order valence-corrected chi connectivity index (χ0v) is 20.9. The molecule has 2 N–H and O–H groups in total. The first-order valence-corrected chi connectivity index (χ1v) is 13.7. The molecule has 0 spiro atoms. The van der Waals surface area contributed by atoms with Crippen molar-refractivity contribution in [3.63, 3.8) is 0 Å². The average molecular weight is 509 g/mol. The number of para-hydroxylation sites is 1. The molecule has 2 aliphatic heterocycles. The fourth-order valence-corrected chi connectivity index (χ4v) is 7.12. The lowest BCUT2D eigenvalue weighted by molar-refractivity contribution is 0.0634. The number of nitrogens with one attached hydrogen (secondary N) is 2. The van der Waals surface area contributed by atoms with Gasteiger partial charge in [0.1, 0.15) is 6.17 Å². The smallest absolute Gasteiger partial charge is 0.262 e. The summed E-state index contributed by atoms with van der Waals surface area (Å²) >= 11 is 0. The van der Waals surface area contributed by atoms with Crippen molar-refractivity contribution >= 4 is 49.0 Å². The second kappa shape index (κ2) is 7.85. The molecule has 1 unspecified atom stereocenters. The number of aromatic nitrogens is 1. The number of carbonyl (C=O) groups is 1. The first-order chi connectivity index (χ1) is 17.9. The molecule has 0 bridgehead atoms. The second-order valence-electron chi connectivity index (χ2n) is 9.61. The highest BCUT2D eigenvalue weighted by atomic mass is 32.2. The van der Waals surface area contributed by atoms with Crippen LogP contribution in [0.2, 0.25) is 0 Å². The van der Waals surface area contributed by atoms with E-state index < -0.39 is 10.0 Å². The Morgan fingerprint density at radius 2 is 1.68 bits per heavy atom. The third kappa shape index (κ3) is 3.25. The van der Waals surface area contributed by atoms with Gasteiger partial charge in [0.05, 0.1) is 21.8 Å². The SMILES string of the molecule is CN1c2ccc(NS(=O)(=O)c3cccc4ccccc34)cc2C(=O)N2CCc3c([nH]c4ccccc34)C21. The molecule has 2 aliphatic rings. The van der Waals surface area contributed by atoms with E-state index in [1.807, 2.05) is 54.4 Å². The van der Waals surface area contributed by atoms with E-state index in [-0.39, 0.29) is 17.0 Å². The molecular formula is C29H24N4O3S. The van der Waals surface area contributed by atoms with Gasteiger partial charge in [0.2, 0.25) is 0 Å². The standard InChI is InChI=1S/C29H24N4O3S/c1-32-25-14-13-19(31-37(35,36)26-12-6-8-18-7-2-3-9-20(18)26)17-23(25)29(34)33-16-15-22-21-10-4-5-11-24(21)30-27(22)28(32)33/h2-14,17,28,30-31H,15-16H2,1H3. The van der Waals surface area contributed by atoms with E-state index in [2.05, 4.69) is 26.7 Å². The van der Waals surface area contributed by atoms with Crippen molar-refractivity contribution in [2.45, 2.75) is 17.5 Å². The lowest BCUT2D eigenvalue weighted by Crippen LogP contribution is -2.51. The summed E-state index contributed by atoms with van der Waals surface area (Å²) in [5.41, 5.74) is 4.96. The number of hydrogen-bond acceptors (Lipinski definition) is 4. The van der Waals surface area contributed by atoms with Gasteiger partial charge in [0.25, 0.3) is 15.9 Å². The second-order valence-corrected chi connectivity index (χ2v) is 11.3. The zero-order chi connectivity index (χ0) is 25.3. The number of sulfonamides is 1. The van der Waals surface area contributed by atoms with Crippen molar-refractivity contribution in [2.75, 3.05) is 23.2 Å². The van der Waals surface area contributed by atoms with Crippen LogP contribution in [0.15, 0.2) is 89.8 Å². The minimum absolute atomic E-state index is 0.103. The summed E-state index contributed by atoms with van der Waals surface area (Å²) < 4.78 is 29.4. The van der Waals surface area contributed by atoms with Crippen LogP contribution in [0.3, 0.4) is 0 Å². The number of hydrogen-bond donors (Lipinski definition) is 2. The number of fused-ring (bicyclic) bond motifs is 7. The molecule has 37 heavy (non-hydrogen) atoms. The van der Waals surface area contributed by atoms with Crippen LogP contribution >= 0.6 is 0 Å². The summed E-state index contributed by atoms with van der Waals surface area (Å²) in [6, 6.07) is 26.0. The normalized spacial score (nSPS) is 17.0. The summed E-state index contributed by atoms with van der Waals surface area (Å²) in [4.78, 5) is 21.4. The van der Waals surface area contributed by atoms with Crippen molar-refractivity contribution in [3.05, 3.63) is 102 Å². The van der Waals surface area contributed by atoms with Gasteiger partial charge in [0.15, 0.2) is 0 Å². The number of benzene rings is 4. The molecule has 4 aromatic carbocycles. The molecule has 1 amide bonds. The Hall–Kier alpha value is -4.30. The number of anilines is 2. The molecule has 3 heterocycles. The lowest BCUT2D eigenvalue weighted by atomic mass is 9.96. The summed E-state index contributed by atoms with van der Waals surface area (Å²) in [5, 5.41) is 2.69. The van der Waals surface area contributed by atoms with Crippen molar-refractivity contribution in [3.8, 4) is 0 Å². The van der Waals surface area contributed by atoms with E-state index in [1.165, 1.54) is 10.9 Å². The van der Waals surface area contributed by atoms with Crippen molar-refractivity contribution < 1.29 is 13.2 Å². The fourth-order valence-electron chi connectivity index (χ4n) is 5.84. The molecule has 0 radical (unpaired) electrons. The van der Waals surface area contributed by atoms with Gasteiger partial charge in [-0.2, -0.15) is 0 Å². The molecule has 0 saturated heterocycles. The van der Waals surface area contributed by atoms with Crippen LogP contribution in [0.5, 0.6) is 0 Å². The van der Waals surface area contributed by atoms with E-state index >= 15 is 0 Å². The number of H-pyrrole nitrogens is 1. The third-order valence-electron chi connectivity index (χ3n) is 7.53. The average Bonchev–Trinajstić information content (AvgIpc) is 3.29. The van der Waals surface area contributed by atoms with Crippen LogP contribution in [-0.4, -0.2) is 37.8 Å². The maximum atomic E-state index is 13.7. The topological polar surface area (TPSA) is 85.5 Å². The number of amides is 1. The lowest BCUT2D eigenvalue weighted by Gasteiger charge is -2.46. The van der Waals surface area contributed by atoms with Crippen molar-refractivity contribution in [1.82, 2.24) is 9.88 Å². The number of aromatic amines is 1. The van der Waals surface area contributed by atoms with Crippen LogP contribution in [0.25, 0.3) is 21.7 Å². The Balaban J connectivity index is 1.27. The van der Waals surface area contributed by atoms with Gasteiger partial charge in [-0.25, -0.2) is 8.42 Å². The van der Waals surface area contributed by atoms with Crippen LogP contribution in [0.1, 0.15) is 27.8 Å². The predicted octanol–water partition coefficient (Wildman–Crippen LogP) is 5.27. The van der Waals surface area contributed by atoms with Crippen molar-refractivity contribution in [1.29, 1.82) is 0 Å². The van der Waals surface area contributed by atoms with Gasteiger partial charge in [-0.15, -0.1) is 0 Å². The van der Waals surface area contributed by atoms with Gasteiger partial charge in [-0.3, -0.25) is 9.52 Å². The van der Waals surface area contributed by atoms with Crippen LogP contribution in [-0.2, 0) is 16.4 Å². The van der Waals surface area contributed by atoms with Crippen molar-refractivity contribution in [2.24, 2.45) is 0 Å². The number of carbonyl (C=O) groups excluding carboxylic acids is 1. The first-order valence-electron chi connectivity index (χ1n) is 12.2. The van der Waals surface area contributed by atoms with Crippen LogP contribution in [0, 0.1) is 0 Å². The van der Waals surface area contributed by atoms with Gasteiger partial charge < -0.3 is 14.8 Å². The molecule has 5 aromatic rings. The molecular weight excluding hydrogens is 484 g/mol. The molecule has 0 saturated carbocycles. The third-order valence-corrected chi connectivity index (χ3v) is 8.97. The Bertz CT molecular complexity index is 1840. The monoisotopic (exact) mass is 508 g/mol. The first kappa shape index (κ1) is 21.9. The minimum Gasteiger partial charge on any atom is -0.355 e. The van der Waals surface area contributed by atoms with E-state index in [0.29, 0.717) is 23.2 Å². The number of nitrogens with zero attached hydrogens (tertiary/aromatic N) is 2. The van der Waals surface area contributed by atoms with E-state index in [0.717, 1.165) is 28.7 Å². The van der Waals surface area contributed by atoms with Crippen LogP contribution < -0.4 is 9.62 Å². The highest BCUT2D eigenvalue weighted by Crippen LogP contribution is 2.43. The summed E-state index contributed by atoms with van der Waals surface area (Å²) in [7, 11) is -1.89. The number of rotatable bonds is 3. The summed E-state index contributed by atoms with van der Waals surface area (Å²) in [6.45, 7) is 0.591. The molecule has 0 aliphatic carbocycles. The van der Waals surface area contributed by atoms with Gasteiger partial charge >= 0.3 is 0 Å². The van der Waals surface area contributed by atoms with Gasteiger partial charge in [0, 0.05) is 35.6 Å². The van der Waals surface area contributed by atoms with E-state index in [1.54, 1.807) is 30.3 Å². The minimum atomic E-state index is -3.87. The Morgan fingerprint density at radius 1 is 0.919 bits per heavy atom. The highest BCUT2D eigenvalue weighted by molar-refractivity contribution is 7.93. The molecule has 1 aromatic heterocycles. The largest absolute Gasteiger partial charge is 0.355 e. The Labute approximate surface area is 214 Å². The summed E-state index contributed by atoms with van der Waals surface area (Å²) in [5.74, 6) is -0.103. The quantitative estimate of drug-likeness (QED) is 0.348. The van der Waals surface area contributed by atoms with Gasteiger partial charge in [-0.05, 0) is 47.7 Å². The Kier molecular flexibility index (Phi) is 4.65. The highest BCUT2D eigenvalue weighted by Gasteiger charge is 2.41. The van der Waals surface area contributed by atoms with E-state index in [9.17, 15) is 13.2 Å². The van der Waals surface area contributed by atoms with E-state index in [4.69, 9.17) is 0 Å². The molecule has 184 valence electrons.